The molecule has 68 valence electrons. The lowest BCUT2D eigenvalue weighted by molar-refractivity contribution is -0.144. The molecule has 0 aliphatic carbocycles. The van der Waals surface area contributed by atoms with Gasteiger partial charge in [-0.1, -0.05) is 13.5 Å². The largest absolute Gasteiger partial charge is 0.467 e. The van der Waals surface area contributed by atoms with Gasteiger partial charge in [-0.05, 0) is 12.5 Å². The number of carbonyl (C=O) groups is 2. The van der Waals surface area contributed by atoms with E-state index in [0.717, 1.165) is 6.08 Å². The van der Waals surface area contributed by atoms with Crippen LogP contribution in [0.15, 0.2) is 12.7 Å². The number of methoxy groups -OCH3 is 1. The fourth-order valence-electron chi connectivity index (χ4n) is 0.701. The second kappa shape index (κ2) is 5.35. The zero-order valence-corrected chi connectivity index (χ0v) is 7.29. The van der Waals surface area contributed by atoms with Crippen LogP contribution in [0.2, 0.25) is 0 Å². The summed E-state index contributed by atoms with van der Waals surface area (Å²) in [6.07, 6.45) is 1.62. The third-order valence-corrected chi connectivity index (χ3v) is 1.40. The van der Waals surface area contributed by atoms with Gasteiger partial charge in [0.05, 0.1) is 7.11 Å². The maximum absolute atomic E-state index is 10.9. The highest BCUT2D eigenvalue weighted by Crippen LogP contribution is 1.93. The Labute approximate surface area is 71.6 Å². The molecule has 0 spiro atoms. The number of rotatable bonds is 4. The Morgan fingerprint density at radius 3 is 2.58 bits per heavy atom. The molecule has 0 aliphatic rings. The van der Waals surface area contributed by atoms with E-state index < -0.39 is 12.0 Å². The molecule has 0 saturated carbocycles. The summed E-state index contributed by atoms with van der Waals surface area (Å²) in [5, 5.41) is 2.44. The number of hydrogen-bond donors (Lipinski definition) is 1. The van der Waals surface area contributed by atoms with E-state index in [1.165, 1.54) is 7.11 Å². The van der Waals surface area contributed by atoms with E-state index in [0.29, 0.717) is 6.42 Å². The quantitative estimate of drug-likeness (QED) is 0.487. The van der Waals surface area contributed by atoms with E-state index in [1.807, 2.05) is 0 Å². The molecule has 0 aromatic carbocycles. The van der Waals surface area contributed by atoms with Crippen LogP contribution in [-0.2, 0) is 14.3 Å². The molecule has 0 aromatic rings. The lowest BCUT2D eigenvalue weighted by Gasteiger charge is -2.12. The standard InChI is InChI=1S/C8H13NO3/c1-4-6(8(11)12-3)9-7(10)5-2/h5-6H,2,4H2,1,3H3,(H,9,10)/t6-/m1/s1. The molecule has 0 unspecified atom stereocenters. The average Bonchev–Trinajstić information content (AvgIpc) is 2.12. The van der Waals surface area contributed by atoms with Gasteiger partial charge in [0.2, 0.25) is 5.91 Å². The van der Waals surface area contributed by atoms with Gasteiger partial charge in [0, 0.05) is 0 Å². The lowest BCUT2D eigenvalue weighted by Crippen LogP contribution is -2.40. The van der Waals surface area contributed by atoms with Crippen molar-refractivity contribution in [3.05, 3.63) is 12.7 Å². The molecule has 1 atom stereocenters. The molecular weight excluding hydrogens is 158 g/mol. The summed E-state index contributed by atoms with van der Waals surface area (Å²) in [5.74, 6) is -0.806. The summed E-state index contributed by atoms with van der Waals surface area (Å²) in [6.45, 7) is 5.05. The molecule has 4 nitrogen and oxygen atoms in total. The molecule has 0 aromatic heterocycles. The van der Waals surface area contributed by atoms with Crippen molar-refractivity contribution in [3.63, 3.8) is 0 Å². The van der Waals surface area contributed by atoms with Crippen LogP contribution in [0.1, 0.15) is 13.3 Å². The first-order chi connectivity index (χ1) is 5.65. The van der Waals surface area contributed by atoms with Crippen molar-refractivity contribution in [1.82, 2.24) is 5.32 Å². The smallest absolute Gasteiger partial charge is 0.328 e. The van der Waals surface area contributed by atoms with Crippen LogP contribution in [0, 0.1) is 0 Å². The van der Waals surface area contributed by atoms with Crippen LogP contribution in [0.5, 0.6) is 0 Å². The van der Waals surface area contributed by atoms with Gasteiger partial charge in [-0.15, -0.1) is 0 Å². The van der Waals surface area contributed by atoms with E-state index in [4.69, 9.17) is 0 Å². The molecule has 0 bridgehead atoms. The van der Waals surface area contributed by atoms with Gasteiger partial charge >= 0.3 is 5.97 Å². The van der Waals surface area contributed by atoms with E-state index in [2.05, 4.69) is 16.6 Å². The van der Waals surface area contributed by atoms with Crippen LogP contribution in [-0.4, -0.2) is 25.0 Å². The predicted molar refractivity (Wildman–Crippen MR) is 44.4 cm³/mol. The minimum absolute atomic E-state index is 0.368. The van der Waals surface area contributed by atoms with Gasteiger partial charge in [0.25, 0.3) is 0 Å². The average molecular weight is 171 g/mol. The summed E-state index contributed by atoms with van der Waals surface area (Å²) in [5.41, 5.74) is 0. The molecule has 1 amide bonds. The highest BCUT2D eigenvalue weighted by molar-refractivity contribution is 5.90. The number of amides is 1. The fourth-order valence-corrected chi connectivity index (χ4v) is 0.701. The second-order valence-electron chi connectivity index (χ2n) is 2.20. The third kappa shape index (κ3) is 3.18. The molecule has 4 heteroatoms. The third-order valence-electron chi connectivity index (χ3n) is 1.40. The van der Waals surface area contributed by atoms with E-state index >= 15 is 0 Å². The van der Waals surface area contributed by atoms with Crippen LogP contribution in [0.4, 0.5) is 0 Å². The van der Waals surface area contributed by atoms with Gasteiger partial charge in [-0.3, -0.25) is 4.79 Å². The summed E-state index contributed by atoms with van der Waals surface area (Å²) in [7, 11) is 1.28. The normalized spacial score (nSPS) is 11.5. The zero-order chi connectivity index (χ0) is 9.56. The van der Waals surface area contributed by atoms with Crippen molar-refractivity contribution >= 4 is 11.9 Å². The number of hydrogen-bond acceptors (Lipinski definition) is 3. The number of nitrogens with one attached hydrogen (secondary N) is 1. The molecule has 1 N–H and O–H groups in total. The minimum atomic E-state index is -0.569. The van der Waals surface area contributed by atoms with Crippen molar-refractivity contribution < 1.29 is 14.3 Å². The number of ether oxygens (including phenoxy) is 1. The van der Waals surface area contributed by atoms with Gasteiger partial charge in [0.1, 0.15) is 6.04 Å². The zero-order valence-electron chi connectivity index (χ0n) is 7.29. The molecule has 12 heavy (non-hydrogen) atoms. The second-order valence-corrected chi connectivity index (χ2v) is 2.20. The fraction of sp³-hybridized carbons (Fsp3) is 0.500. The topological polar surface area (TPSA) is 55.4 Å². The van der Waals surface area contributed by atoms with Gasteiger partial charge in [-0.2, -0.15) is 0 Å². The van der Waals surface area contributed by atoms with Gasteiger partial charge in [-0.25, -0.2) is 4.79 Å². The van der Waals surface area contributed by atoms with Crippen LogP contribution >= 0.6 is 0 Å². The first kappa shape index (κ1) is 10.7. The van der Waals surface area contributed by atoms with Crippen LogP contribution in [0.3, 0.4) is 0 Å². The molecule has 0 heterocycles. The molecule has 0 saturated heterocycles. The minimum Gasteiger partial charge on any atom is -0.467 e. The first-order valence-corrected chi connectivity index (χ1v) is 3.66. The van der Waals surface area contributed by atoms with Crippen molar-refractivity contribution in [2.45, 2.75) is 19.4 Å². The molecule has 0 aliphatic heterocycles. The Kier molecular flexibility index (Phi) is 4.76. The number of esters is 1. The summed E-state index contributed by atoms with van der Waals surface area (Å²) in [6, 6.07) is -0.569. The predicted octanol–water partition coefficient (Wildman–Crippen LogP) is 0.240. The van der Waals surface area contributed by atoms with Crippen LogP contribution < -0.4 is 5.32 Å². The monoisotopic (exact) mass is 171 g/mol. The highest BCUT2D eigenvalue weighted by Gasteiger charge is 2.17. The Morgan fingerprint density at radius 2 is 2.25 bits per heavy atom. The molecule has 0 radical (unpaired) electrons. The SMILES string of the molecule is C=CC(=O)N[C@H](CC)C(=O)OC. The van der Waals surface area contributed by atoms with E-state index in [-0.39, 0.29) is 5.91 Å². The van der Waals surface area contributed by atoms with E-state index in [1.54, 1.807) is 6.92 Å². The Bertz CT molecular complexity index is 189. The molecule has 0 rings (SSSR count). The maximum Gasteiger partial charge on any atom is 0.328 e. The van der Waals surface area contributed by atoms with Crippen molar-refractivity contribution in [1.29, 1.82) is 0 Å². The van der Waals surface area contributed by atoms with Gasteiger partial charge in [0.15, 0.2) is 0 Å². The molecular formula is C8H13NO3. The Morgan fingerprint density at radius 1 is 1.67 bits per heavy atom. The summed E-state index contributed by atoms with van der Waals surface area (Å²) in [4.78, 5) is 21.7. The van der Waals surface area contributed by atoms with E-state index in [9.17, 15) is 9.59 Å². The molecule has 0 fully saturated rings. The van der Waals surface area contributed by atoms with Crippen LogP contribution in [0.25, 0.3) is 0 Å². The number of carbonyl (C=O) groups excluding carboxylic acids is 2. The summed E-state index contributed by atoms with van der Waals surface area (Å²) >= 11 is 0. The van der Waals surface area contributed by atoms with Crippen molar-refractivity contribution in [2.75, 3.05) is 7.11 Å². The first-order valence-electron chi connectivity index (χ1n) is 3.66. The Hall–Kier alpha value is -1.32. The van der Waals surface area contributed by atoms with Crippen molar-refractivity contribution in [3.8, 4) is 0 Å². The Balaban J connectivity index is 4.07. The lowest BCUT2D eigenvalue weighted by atomic mass is 10.2. The summed E-state index contributed by atoms with van der Waals surface area (Å²) < 4.78 is 4.46. The maximum atomic E-state index is 10.9. The highest BCUT2D eigenvalue weighted by atomic mass is 16.5. The van der Waals surface area contributed by atoms with Crippen molar-refractivity contribution in [2.24, 2.45) is 0 Å². The van der Waals surface area contributed by atoms with Gasteiger partial charge < -0.3 is 10.1 Å².